The molecular weight excluding hydrogens is 475 g/mol. The highest BCUT2D eigenvalue weighted by molar-refractivity contribution is 6.00. The first-order valence-corrected chi connectivity index (χ1v) is 11.4. The molecule has 0 saturated carbocycles. The lowest BCUT2D eigenvalue weighted by Crippen LogP contribution is -2.23. The van der Waals surface area contributed by atoms with Crippen molar-refractivity contribution in [2.24, 2.45) is 5.92 Å². The smallest absolute Gasteiger partial charge is 0.423 e. The zero-order chi connectivity index (χ0) is 26.6. The van der Waals surface area contributed by atoms with Crippen LogP contribution in [0.2, 0.25) is 0 Å². The van der Waals surface area contributed by atoms with Gasteiger partial charge in [0.15, 0.2) is 5.78 Å². The maximum absolute atomic E-state index is 13.7. The van der Waals surface area contributed by atoms with Crippen LogP contribution < -0.4 is 10.1 Å². The van der Waals surface area contributed by atoms with Crippen LogP contribution in [0.5, 0.6) is 11.5 Å². The van der Waals surface area contributed by atoms with E-state index in [-0.39, 0.29) is 25.1 Å². The molecule has 192 valence electrons. The number of hydrogen-bond acceptors (Lipinski definition) is 5. The van der Waals surface area contributed by atoms with Crippen LogP contribution in [0.25, 0.3) is 0 Å². The monoisotopic (exact) mass is 503 g/mol. The Morgan fingerprint density at radius 1 is 1.06 bits per heavy atom. The lowest BCUT2D eigenvalue weighted by atomic mass is 9.97. The van der Waals surface area contributed by atoms with Gasteiger partial charge in [0, 0.05) is 24.7 Å². The molecule has 0 atom stereocenters. The lowest BCUT2D eigenvalue weighted by Gasteiger charge is -2.18. The molecule has 0 unspecified atom stereocenters. The van der Waals surface area contributed by atoms with Gasteiger partial charge in [0.2, 0.25) is 0 Å². The molecule has 0 fully saturated rings. The molecule has 10 heteroatoms. The zero-order valence-electron chi connectivity index (χ0n) is 20.4. The number of phenolic OH excluding ortho intramolecular Hbond substituents is 1. The first-order chi connectivity index (χ1) is 16.9. The third kappa shape index (κ3) is 6.24. The van der Waals surface area contributed by atoms with E-state index in [0.717, 1.165) is 17.7 Å². The molecule has 36 heavy (non-hydrogen) atoms. The third-order valence-corrected chi connectivity index (χ3v) is 5.51. The molecule has 0 radical (unpaired) electrons. The predicted molar refractivity (Wildman–Crippen MR) is 127 cm³/mol. The lowest BCUT2D eigenvalue weighted by molar-refractivity contribution is -0.140. The minimum Gasteiger partial charge on any atom is -0.506 e. The minimum atomic E-state index is -4.92. The van der Waals surface area contributed by atoms with Gasteiger partial charge in [-0.3, -0.25) is 9.59 Å². The number of nitrogens with zero attached hydrogens (tertiary/aromatic N) is 2. The Morgan fingerprint density at radius 2 is 1.69 bits per heavy atom. The number of aromatic hydroxyl groups is 1. The number of imidazole rings is 1. The fourth-order valence-electron chi connectivity index (χ4n) is 3.40. The highest BCUT2D eigenvalue weighted by atomic mass is 19.4. The number of ether oxygens (including phenoxy) is 1. The number of rotatable bonds is 9. The molecule has 1 heterocycles. The van der Waals surface area contributed by atoms with Gasteiger partial charge in [0.25, 0.3) is 5.91 Å². The molecular formula is C26H28F3N3O4. The van der Waals surface area contributed by atoms with Crippen LogP contribution >= 0.6 is 0 Å². The number of ketones is 1. The van der Waals surface area contributed by atoms with Crippen LogP contribution in [0.3, 0.4) is 0 Å². The number of alkyl halides is 3. The van der Waals surface area contributed by atoms with Crippen molar-refractivity contribution in [2.45, 2.75) is 53.1 Å². The molecule has 0 aliphatic rings. The Bertz CT molecular complexity index is 1230. The Hall–Kier alpha value is -3.82. The predicted octanol–water partition coefficient (Wildman–Crippen LogP) is 5.54. The van der Waals surface area contributed by atoms with Crippen LogP contribution in [0.1, 0.15) is 71.3 Å². The Balaban J connectivity index is 1.66. The maximum atomic E-state index is 13.7. The fourth-order valence-corrected chi connectivity index (χ4v) is 3.40. The standard InChI is InChI=1S/C26H28F3N3O4/c1-15(2)23(33)19-9-10-21(22(24(19)34)26(27,28)29)36-13-18-7-5-17(6-8-18)11-30-25(35)20-12-32(14-31-20)16(3)4/h5-10,12,14-16,34H,11,13H2,1-4H3,(H,30,35). The van der Waals surface area contributed by atoms with E-state index in [4.69, 9.17) is 4.74 Å². The Labute approximate surface area is 206 Å². The first kappa shape index (κ1) is 26.8. The molecule has 1 amide bonds. The molecule has 7 nitrogen and oxygen atoms in total. The summed E-state index contributed by atoms with van der Waals surface area (Å²) >= 11 is 0. The van der Waals surface area contributed by atoms with Gasteiger partial charge in [-0.05, 0) is 37.1 Å². The summed E-state index contributed by atoms with van der Waals surface area (Å²) in [5.41, 5.74) is -0.116. The van der Waals surface area contributed by atoms with E-state index in [1.807, 2.05) is 18.4 Å². The summed E-state index contributed by atoms with van der Waals surface area (Å²) in [6.07, 6.45) is -1.66. The summed E-state index contributed by atoms with van der Waals surface area (Å²) in [4.78, 5) is 28.5. The molecule has 0 saturated heterocycles. The molecule has 0 spiro atoms. The van der Waals surface area contributed by atoms with E-state index < -0.39 is 40.5 Å². The second kappa shape index (κ2) is 10.8. The zero-order valence-corrected chi connectivity index (χ0v) is 20.4. The van der Waals surface area contributed by atoms with Crippen LogP contribution in [0, 0.1) is 5.92 Å². The molecule has 3 aromatic rings. The average molecular weight is 504 g/mol. The molecule has 3 rings (SSSR count). The molecule has 1 aromatic heterocycles. The number of halogens is 3. The molecule has 2 N–H and O–H groups in total. The number of amides is 1. The SMILES string of the molecule is CC(C)C(=O)c1ccc(OCc2ccc(CNC(=O)c3cn(C(C)C)cn3)cc2)c(C(F)(F)F)c1O. The number of Topliss-reactive ketones (excluding diaryl/α,β-unsaturated/α-hetero) is 1. The summed E-state index contributed by atoms with van der Waals surface area (Å²) in [5.74, 6) is -3.20. The summed E-state index contributed by atoms with van der Waals surface area (Å²) < 4.78 is 48.2. The number of carbonyl (C=O) groups is 2. The molecule has 0 aliphatic carbocycles. The number of benzene rings is 2. The van der Waals surface area contributed by atoms with Gasteiger partial charge >= 0.3 is 6.18 Å². The van der Waals surface area contributed by atoms with E-state index in [2.05, 4.69) is 10.3 Å². The molecule has 2 aromatic carbocycles. The van der Waals surface area contributed by atoms with Crippen molar-refractivity contribution in [3.63, 3.8) is 0 Å². The summed E-state index contributed by atoms with van der Waals surface area (Å²) in [7, 11) is 0. The van der Waals surface area contributed by atoms with E-state index in [1.165, 1.54) is 13.8 Å². The maximum Gasteiger partial charge on any atom is 0.423 e. The van der Waals surface area contributed by atoms with Crippen LogP contribution in [0.15, 0.2) is 48.9 Å². The van der Waals surface area contributed by atoms with E-state index in [1.54, 1.807) is 36.8 Å². The van der Waals surface area contributed by atoms with Crippen molar-refractivity contribution in [3.05, 3.63) is 76.9 Å². The Kier molecular flexibility index (Phi) is 8.07. The second-order valence-electron chi connectivity index (χ2n) is 8.94. The fraction of sp³-hybridized carbons (Fsp3) is 0.346. The van der Waals surface area contributed by atoms with Gasteiger partial charge in [-0.15, -0.1) is 0 Å². The summed E-state index contributed by atoms with van der Waals surface area (Å²) in [6, 6.07) is 9.14. The van der Waals surface area contributed by atoms with Crippen molar-refractivity contribution >= 4 is 11.7 Å². The van der Waals surface area contributed by atoms with E-state index >= 15 is 0 Å². The molecule has 0 aliphatic heterocycles. The van der Waals surface area contributed by atoms with Crippen molar-refractivity contribution < 1.29 is 32.6 Å². The van der Waals surface area contributed by atoms with Crippen molar-refractivity contribution in [3.8, 4) is 11.5 Å². The summed E-state index contributed by atoms with van der Waals surface area (Å²) in [5, 5.41) is 13.0. The molecule has 0 bridgehead atoms. The van der Waals surface area contributed by atoms with Gasteiger partial charge in [-0.1, -0.05) is 38.1 Å². The van der Waals surface area contributed by atoms with Crippen molar-refractivity contribution in [2.75, 3.05) is 0 Å². The minimum absolute atomic E-state index is 0.186. The van der Waals surface area contributed by atoms with Crippen molar-refractivity contribution in [1.82, 2.24) is 14.9 Å². The van der Waals surface area contributed by atoms with Gasteiger partial charge in [0.1, 0.15) is 29.4 Å². The number of nitrogens with one attached hydrogen (secondary N) is 1. The third-order valence-electron chi connectivity index (χ3n) is 5.51. The number of aromatic nitrogens is 2. The highest BCUT2D eigenvalue weighted by Crippen LogP contribution is 2.44. The first-order valence-electron chi connectivity index (χ1n) is 11.4. The van der Waals surface area contributed by atoms with Crippen LogP contribution in [-0.4, -0.2) is 26.3 Å². The van der Waals surface area contributed by atoms with Crippen LogP contribution in [0.4, 0.5) is 13.2 Å². The Morgan fingerprint density at radius 3 is 2.25 bits per heavy atom. The van der Waals surface area contributed by atoms with E-state index in [9.17, 15) is 27.9 Å². The van der Waals surface area contributed by atoms with Gasteiger partial charge < -0.3 is 19.7 Å². The average Bonchev–Trinajstić information content (AvgIpc) is 3.31. The van der Waals surface area contributed by atoms with Crippen molar-refractivity contribution in [1.29, 1.82) is 0 Å². The largest absolute Gasteiger partial charge is 0.506 e. The van der Waals surface area contributed by atoms with E-state index in [0.29, 0.717) is 11.3 Å². The second-order valence-corrected chi connectivity index (χ2v) is 8.94. The van der Waals surface area contributed by atoms with Gasteiger partial charge in [-0.25, -0.2) is 4.98 Å². The number of phenols is 1. The normalized spacial score (nSPS) is 11.7. The topological polar surface area (TPSA) is 93.5 Å². The quantitative estimate of drug-likeness (QED) is 0.374. The summed E-state index contributed by atoms with van der Waals surface area (Å²) in [6.45, 7) is 7.07. The highest BCUT2D eigenvalue weighted by Gasteiger charge is 2.39. The van der Waals surface area contributed by atoms with Gasteiger partial charge in [-0.2, -0.15) is 13.2 Å². The number of hydrogen-bond donors (Lipinski definition) is 2. The van der Waals surface area contributed by atoms with Gasteiger partial charge in [0.05, 0.1) is 11.9 Å². The van der Waals surface area contributed by atoms with Crippen LogP contribution in [-0.2, 0) is 19.3 Å². The number of carbonyl (C=O) groups excluding carboxylic acids is 2.